The maximum absolute atomic E-state index is 13.3. The van der Waals surface area contributed by atoms with Gasteiger partial charge in [0.25, 0.3) is 5.91 Å². The van der Waals surface area contributed by atoms with Gasteiger partial charge in [-0.1, -0.05) is 42.5 Å². The number of nitrogens with one attached hydrogen (secondary N) is 2. The Hall–Kier alpha value is -4.13. The van der Waals surface area contributed by atoms with Crippen molar-refractivity contribution >= 4 is 29.0 Å². The van der Waals surface area contributed by atoms with E-state index < -0.39 is 6.10 Å². The van der Waals surface area contributed by atoms with E-state index in [4.69, 9.17) is 15.9 Å². The zero-order valence-electron chi connectivity index (χ0n) is 18.4. The fourth-order valence-electron chi connectivity index (χ4n) is 3.92. The topological polar surface area (TPSA) is 109 Å². The molecule has 7 nitrogen and oxygen atoms in total. The number of nitrogens with two attached hydrogens (primary N) is 1. The third-order valence-electron chi connectivity index (χ3n) is 5.57. The average Bonchev–Trinajstić information content (AvgIpc) is 3.23. The van der Waals surface area contributed by atoms with Gasteiger partial charge in [0.15, 0.2) is 0 Å². The molecular weight excluding hydrogens is 416 g/mol. The summed E-state index contributed by atoms with van der Waals surface area (Å²) in [6, 6.07) is 21.5. The first-order valence-corrected chi connectivity index (χ1v) is 10.8. The van der Waals surface area contributed by atoms with Crippen molar-refractivity contribution in [1.29, 1.82) is 5.41 Å². The van der Waals surface area contributed by atoms with Crippen LogP contribution in [0.2, 0.25) is 0 Å². The third-order valence-corrected chi connectivity index (χ3v) is 5.57. The molecule has 3 aromatic rings. The first-order valence-electron chi connectivity index (χ1n) is 10.8. The lowest BCUT2D eigenvalue weighted by molar-refractivity contribution is -0.123. The molecule has 1 atom stereocenters. The molecule has 7 heteroatoms. The van der Waals surface area contributed by atoms with Crippen LogP contribution >= 0.6 is 0 Å². The smallest absolute Gasteiger partial charge is 0.270 e. The Balaban J connectivity index is 1.57. The predicted octanol–water partition coefficient (Wildman–Crippen LogP) is 4.16. The van der Waals surface area contributed by atoms with Crippen molar-refractivity contribution < 1.29 is 14.3 Å². The van der Waals surface area contributed by atoms with E-state index in [0.29, 0.717) is 35.5 Å². The van der Waals surface area contributed by atoms with Crippen LogP contribution in [0.5, 0.6) is 5.75 Å². The summed E-state index contributed by atoms with van der Waals surface area (Å²) >= 11 is 0. The Kier molecular flexibility index (Phi) is 6.40. The van der Waals surface area contributed by atoms with Crippen LogP contribution in [0.15, 0.2) is 72.8 Å². The van der Waals surface area contributed by atoms with Crippen LogP contribution in [0, 0.1) is 12.3 Å². The van der Waals surface area contributed by atoms with Crippen LogP contribution in [0.1, 0.15) is 35.6 Å². The van der Waals surface area contributed by atoms with Crippen LogP contribution in [-0.2, 0) is 9.59 Å². The second kappa shape index (κ2) is 9.56. The first-order chi connectivity index (χ1) is 15.9. The van der Waals surface area contributed by atoms with Gasteiger partial charge in [0.2, 0.25) is 12.0 Å². The number of ether oxygens (including phenoxy) is 1. The van der Waals surface area contributed by atoms with Gasteiger partial charge in [-0.25, -0.2) is 0 Å². The number of amides is 2. The fraction of sp³-hybridized carbons (Fsp3) is 0.192. The molecule has 3 aromatic carbocycles. The summed E-state index contributed by atoms with van der Waals surface area (Å²) in [6.45, 7) is 2.64. The van der Waals surface area contributed by atoms with Gasteiger partial charge in [0.05, 0.1) is 0 Å². The molecule has 1 saturated heterocycles. The number of carbonyl (C=O) groups excluding carboxylic acids is 2. The standard InChI is InChI=1S/C26H26N4O3/c1-17-15-20(12-13-22(17)30-14-6-11-23(30)31)29-26(32)24(18-7-3-2-4-8-18)33-21-10-5-9-19(16-21)25(27)28/h2-5,7-10,12-13,15-16,24H,6,11,14H2,1H3,(H3,27,28)(H,29,32). The van der Waals surface area contributed by atoms with Crippen molar-refractivity contribution in [3.8, 4) is 5.75 Å². The Morgan fingerprint density at radius 3 is 2.55 bits per heavy atom. The molecule has 4 N–H and O–H groups in total. The number of nitrogen functional groups attached to an aromatic ring is 1. The fourth-order valence-corrected chi connectivity index (χ4v) is 3.92. The Labute approximate surface area is 192 Å². The number of nitrogens with zero attached hydrogens (tertiary/aromatic N) is 1. The van der Waals surface area contributed by atoms with E-state index in [9.17, 15) is 9.59 Å². The molecule has 0 aliphatic carbocycles. The summed E-state index contributed by atoms with van der Waals surface area (Å²) in [4.78, 5) is 27.2. The molecule has 168 valence electrons. The molecule has 0 saturated carbocycles. The van der Waals surface area contributed by atoms with Gasteiger partial charge >= 0.3 is 0 Å². The molecule has 33 heavy (non-hydrogen) atoms. The monoisotopic (exact) mass is 442 g/mol. The highest BCUT2D eigenvalue weighted by Crippen LogP contribution is 2.29. The maximum Gasteiger partial charge on any atom is 0.270 e. The second-order valence-corrected chi connectivity index (χ2v) is 7.99. The zero-order chi connectivity index (χ0) is 23.4. The number of amidine groups is 1. The number of carbonyl (C=O) groups is 2. The third kappa shape index (κ3) is 5.03. The lowest BCUT2D eigenvalue weighted by Gasteiger charge is -2.21. The van der Waals surface area contributed by atoms with Crippen LogP contribution < -0.4 is 20.7 Å². The average molecular weight is 443 g/mol. The number of hydrogen-bond donors (Lipinski definition) is 3. The van der Waals surface area contributed by atoms with Gasteiger partial charge in [0, 0.05) is 35.5 Å². The summed E-state index contributed by atoms with van der Waals surface area (Å²) in [5, 5.41) is 10.6. The summed E-state index contributed by atoms with van der Waals surface area (Å²) in [5.41, 5.74) is 9.20. The van der Waals surface area contributed by atoms with Crippen molar-refractivity contribution in [2.75, 3.05) is 16.8 Å². The van der Waals surface area contributed by atoms with Gasteiger partial charge in [-0.3, -0.25) is 15.0 Å². The molecule has 1 aliphatic heterocycles. The second-order valence-electron chi connectivity index (χ2n) is 7.99. The Morgan fingerprint density at radius 2 is 1.88 bits per heavy atom. The number of anilines is 2. The highest BCUT2D eigenvalue weighted by atomic mass is 16.5. The van der Waals surface area contributed by atoms with Crippen LogP contribution in [0.4, 0.5) is 11.4 Å². The highest BCUT2D eigenvalue weighted by molar-refractivity contribution is 5.98. The van der Waals surface area contributed by atoms with Gasteiger partial charge in [-0.2, -0.15) is 0 Å². The SMILES string of the molecule is Cc1cc(NC(=O)C(Oc2cccc(C(=N)N)c2)c2ccccc2)ccc1N1CCCC1=O. The molecule has 1 fully saturated rings. The minimum atomic E-state index is -0.909. The lowest BCUT2D eigenvalue weighted by Crippen LogP contribution is -2.26. The largest absolute Gasteiger partial charge is 0.476 e. The number of rotatable bonds is 7. The van der Waals surface area contributed by atoms with E-state index in [1.54, 1.807) is 35.2 Å². The normalized spacial score (nSPS) is 14.1. The molecular formula is C26H26N4O3. The summed E-state index contributed by atoms with van der Waals surface area (Å²) in [6.07, 6.45) is 0.518. The minimum Gasteiger partial charge on any atom is -0.476 e. The summed E-state index contributed by atoms with van der Waals surface area (Å²) in [5.74, 6) is 0.151. The number of hydrogen-bond acceptors (Lipinski definition) is 4. The zero-order valence-corrected chi connectivity index (χ0v) is 18.4. The van der Waals surface area contributed by atoms with E-state index in [1.165, 1.54) is 0 Å². The number of aryl methyl sites for hydroxylation is 1. The molecule has 0 bridgehead atoms. The van der Waals surface area contributed by atoms with Gasteiger partial charge in [-0.15, -0.1) is 0 Å². The molecule has 0 spiro atoms. The predicted molar refractivity (Wildman–Crippen MR) is 129 cm³/mol. The van der Waals surface area contributed by atoms with Crippen molar-refractivity contribution in [3.63, 3.8) is 0 Å². The van der Waals surface area contributed by atoms with E-state index in [-0.39, 0.29) is 17.6 Å². The first kappa shape index (κ1) is 22.1. The van der Waals surface area contributed by atoms with Crippen LogP contribution in [0.25, 0.3) is 0 Å². The molecule has 1 heterocycles. The van der Waals surface area contributed by atoms with Gasteiger partial charge < -0.3 is 20.7 Å². The highest BCUT2D eigenvalue weighted by Gasteiger charge is 2.25. The molecule has 1 unspecified atom stereocenters. The van der Waals surface area contributed by atoms with Gasteiger partial charge in [-0.05, 0) is 49.2 Å². The van der Waals surface area contributed by atoms with Crippen LogP contribution in [-0.4, -0.2) is 24.2 Å². The van der Waals surface area contributed by atoms with E-state index in [2.05, 4.69) is 5.32 Å². The molecule has 2 amide bonds. The van der Waals surface area contributed by atoms with Crippen molar-refractivity contribution in [3.05, 3.63) is 89.5 Å². The van der Waals surface area contributed by atoms with Crippen LogP contribution in [0.3, 0.4) is 0 Å². The van der Waals surface area contributed by atoms with Crippen molar-refractivity contribution in [2.45, 2.75) is 25.9 Å². The van der Waals surface area contributed by atoms with Crippen molar-refractivity contribution in [2.24, 2.45) is 5.73 Å². The number of benzene rings is 3. The van der Waals surface area contributed by atoms with E-state index >= 15 is 0 Å². The maximum atomic E-state index is 13.3. The summed E-state index contributed by atoms with van der Waals surface area (Å²) in [7, 11) is 0. The quantitative estimate of drug-likeness (QED) is 0.377. The molecule has 1 aliphatic rings. The lowest BCUT2D eigenvalue weighted by atomic mass is 10.1. The Bertz CT molecular complexity index is 1190. The van der Waals surface area contributed by atoms with Crippen molar-refractivity contribution in [1.82, 2.24) is 0 Å². The van der Waals surface area contributed by atoms with E-state index in [0.717, 1.165) is 17.7 Å². The Morgan fingerprint density at radius 1 is 1.09 bits per heavy atom. The molecule has 0 radical (unpaired) electrons. The summed E-state index contributed by atoms with van der Waals surface area (Å²) < 4.78 is 6.06. The van der Waals surface area contributed by atoms with E-state index in [1.807, 2.05) is 49.4 Å². The molecule has 4 rings (SSSR count). The van der Waals surface area contributed by atoms with Gasteiger partial charge in [0.1, 0.15) is 11.6 Å². The minimum absolute atomic E-state index is 0.0757. The molecule has 0 aromatic heterocycles.